The van der Waals surface area contributed by atoms with Crippen molar-refractivity contribution in [2.75, 3.05) is 0 Å². The van der Waals surface area contributed by atoms with Gasteiger partial charge >= 0.3 is 6.95 Å². The third-order valence-electron chi connectivity index (χ3n) is 2.16. The standard InChI is InChI=1S/C13H12ClO3P/c1-11-6-5-9-13(10-11)17-18(14,15)16-12-7-3-2-4-8-12/h2-10H,1H3. The van der Waals surface area contributed by atoms with Gasteiger partial charge in [-0.25, -0.2) is 4.57 Å². The Morgan fingerprint density at radius 1 is 0.944 bits per heavy atom. The molecule has 18 heavy (non-hydrogen) atoms. The summed E-state index contributed by atoms with van der Waals surface area (Å²) >= 11 is 5.77. The molecule has 0 saturated carbocycles. The smallest absolute Gasteiger partial charge is 0.405 e. The first-order valence-corrected chi connectivity index (χ1v) is 7.80. The van der Waals surface area contributed by atoms with E-state index in [2.05, 4.69) is 0 Å². The molecule has 0 spiro atoms. The number of rotatable bonds is 4. The molecule has 0 saturated heterocycles. The molecule has 0 bridgehead atoms. The predicted octanol–water partition coefficient (Wildman–Crippen LogP) is 4.80. The molecular formula is C13H12ClO3P. The largest absolute Gasteiger partial charge is 0.530 e. The summed E-state index contributed by atoms with van der Waals surface area (Å²) in [4.78, 5) is 0. The number of halogens is 1. The first kappa shape index (κ1) is 13.0. The second kappa shape index (κ2) is 5.47. The molecular weight excluding hydrogens is 271 g/mol. The van der Waals surface area contributed by atoms with Gasteiger partial charge in [0.05, 0.1) is 0 Å². The molecule has 94 valence electrons. The lowest BCUT2D eigenvalue weighted by Gasteiger charge is -2.13. The van der Waals surface area contributed by atoms with Gasteiger partial charge in [-0.05, 0) is 36.8 Å². The highest BCUT2D eigenvalue weighted by molar-refractivity contribution is 7.82. The van der Waals surface area contributed by atoms with Crippen LogP contribution in [0.5, 0.6) is 11.5 Å². The van der Waals surface area contributed by atoms with E-state index in [1.807, 2.05) is 19.1 Å². The van der Waals surface area contributed by atoms with Crippen molar-refractivity contribution >= 4 is 18.2 Å². The van der Waals surface area contributed by atoms with Crippen molar-refractivity contribution in [1.82, 2.24) is 0 Å². The van der Waals surface area contributed by atoms with Crippen molar-refractivity contribution in [2.24, 2.45) is 0 Å². The summed E-state index contributed by atoms with van der Waals surface area (Å²) in [5.41, 5.74) is 0.990. The van der Waals surface area contributed by atoms with Crippen LogP contribution in [0.3, 0.4) is 0 Å². The Morgan fingerprint density at radius 2 is 1.56 bits per heavy atom. The van der Waals surface area contributed by atoms with Crippen molar-refractivity contribution < 1.29 is 13.6 Å². The number of hydrogen-bond donors (Lipinski definition) is 0. The third-order valence-corrected chi connectivity index (χ3v) is 3.43. The van der Waals surface area contributed by atoms with E-state index in [0.717, 1.165) is 5.56 Å². The van der Waals surface area contributed by atoms with Gasteiger partial charge in [0.2, 0.25) is 0 Å². The zero-order valence-electron chi connectivity index (χ0n) is 9.75. The fraction of sp³-hybridized carbons (Fsp3) is 0.0769. The van der Waals surface area contributed by atoms with Crippen LogP contribution in [0.1, 0.15) is 5.56 Å². The number of hydrogen-bond acceptors (Lipinski definition) is 3. The number of para-hydroxylation sites is 1. The molecule has 0 aliphatic carbocycles. The highest BCUT2D eigenvalue weighted by Gasteiger charge is 2.24. The van der Waals surface area contributed by atoms with Crippen LogP contribution < -0.4 is 9.05 Å². The molecule has 0 heterocycles. The monoisotopic (exact) mass is 282 g/mol. The van der Waals surface area contributed by atoms with E-state index in [9.17, 15) is 4.57 Å². The lowest BCUT2D eigenvalue weighted by Crippen LogP contribution is -1.95. The minimum atomic E-state index is -3.68. The summed E-state index contributed by atoms with van der Waals surface area (Å²) in [7, 11) is 0. The maximum Gasteiger partial charge on any atom is 0.530 e. The zero-order valence-corrected chi connectivity index (χ0v) is 11.4. The quantitative estimate of drug-likeness (QED) is 0.756. The average molecular weight is 283 g/mol. The first-order valence-electron chi connectivity index (χ1n) is 5.36. The van der Waals surface area contributed by atoms with E-state index in [1.54, 1.807) is 42.5 Å². The molecule has 3 nitrogen and oxygen atoms in total. The minimum absolute atomic E-state index is 0.406. The molecule has 1 unspecified atom stereocenters. The lowest BCUT2D eigenvalue weighted by molar-refractivity contribution is 0.406. The summed E-state index contributed by atoms with van der Waals surface area (Å²) in [5.74, 6) is 0.827. The molecule has 0 fully saturated rings. The van der Waals surface area contributed by atoms with Gasteiger partial charge in [0.15, 0.2) is 0 Å². The zero-order chi connectivity index (χ0) is 13.0. The highest BCUT2D eigenvalue weighted by Crippen LogP contribution is 2.53. The molecule has 2 aromatic rings. The van der Waals surface area contributed by atoms with Gasteiger partial charge in [0.25, 0.3) is 0 Å². The van der Waals surface area contributed by atoms with Crippen molar-refractivity contribution in [1.29, 1.82) is 0 Å². The Balaban J connectivity index is 2.10. The van der Waals surface area contributed by atoms with Crippen LogP contribution in [0.4, 0.5) is 0 Å². The van der Waals surface area contributed by atoms with Crippen LogP contribution in [0.25, 0.3) is 0 Å². The van der Waals surface area contributed by atoms with Gasteiger partial charge in [-0.2, -0.15) is 0 Å². The summed E-state index contributed by atoms with van der Waals surface area (Å²) in [6.07, 6.45) is 0. The SMILES string of the molecule is Cc1cccc(OP(=O)(Cl)Oc2ccccc2)c1. The summed E-state index contributed by atoms with van der Waals surface area (Å²) in [6, 6.07) is 15.8. The Morgan fingerprint density at radius 3 is 2.22 bits per heavy atom. The predicted molar refractivity (Wildman–Crippen MR) is 72.3 cm³/mol. The van der Waals surface area contributed by atoms with Crippen LogP contribution in [0.15, 0.2) is 54.6 Å². The van der Waals surface area contributed by atoms with Crippen LogP contribution in [-0.2, 0) is 4.57 Å². The molecule has 2 rings (SSSR count). The fourth-order valence-corrected chi connectivity index (χ4v) is 2.68. The van der Waals surface area contributed by atoms with Crippen molar-refractivity contribution in [3.63, 3.8) is 0 Å². The Labute approximate surface area is 111 Å². The van der Waals surface area contributed by atoms with Gasteiger partial charge < -0.3 is 9.05 Å². The summed E-state index contributed by atoms with van der Waals surface area (Å²) in [6.45, 7) is -1.78. The van der Waals surface area contributed by atoms with Gasteiger partial charge in [-0.15, -0.1) is 0 Å². The van der Waals surface area contributed by atoms with Gasteiger partial charge in [-0.1, -0.05) is 30.3 Å². The maximum absolute atomic E-state index is 12.0. The van der Waals surface area contributed by atoms with E-state index >= 15 is 0 Å². The highest BCUT2D eigenvalue weighted by atomic mass is 35.7. The van der Waals surface area contributed by atoms with Crippen LogP contribution in [-0.4, -0.2) is 0 Å². The second-order valence-corrected chi connectivity index (χ2v) is 6.21. The summed E-state index contributed by atoms with van der Waals surface area (Å²) < 4.78 is 22.3. The molecule has 5 heteroatoms. The average Bonchev–Trinajstić information content (AvgIpc) is 2.28. The van der Waals surface area contributed by atoms with Crippen molar-refractivity contribution in [3.05, 3.63) is 60.2 Å². The Hall–Kier alpha value is -1.44. The van der Waals surface area contributed by atoms with Gasteiger partial charge in [0.1, 0.15) is 11.5 Å². The topological polar surface area (TPSA) is 35.5 Å². The summed E-state index contributed by atoms with van der Waals surface area (Å²) in [5, 5.41) is 0. The van der Waals surface area contributed by atoms with Crippen molar-refractivity contribution in [2.45, 2.75) is 6.92 Å². The van der Waals surface area contributed by atoms with E-state index in [1.165, 1.54) is 0 Å². The Kier molecular flexibility index (Phi) is 3.95. The van der Waals surface area contributed by atoms with Crippen LogP contribution >= 0.6 is 18.2 Å². The van der Waals surface area contributed by atoms with E-state index in [4.69, 9.17) is 20.3 Å². The molecule has 2 aromatic carbocycles. The number of aryl methyl sites for hydroxylation is 1. The molecule has 0 aliphatic heterocycles. The van der Waals surface area contributed by atoms with E-state index in [0.29, 0.717) is 11.5 Å². The molecule has 1 atom stereocenters. The van der Waals surface area contributed by atoms with E-state index in [-0.39, 0.29) is 0 Å². The third kappa shape index (κ3) is 3.80. The molecule has 0 N–H and O–H groups in total. The molecule has 0 aliphatic rings. The van der Waals surface area contributed by atoms with Gasteiger partial charge in [-0.3, -0.25) is 0 Å². The normalized spacial score (nSPS) is 13.7. The number of benzene rings is 2. The maximum atomic E-state index is 12.0. The molecule has 0 amide bonds. The lowest BCUT2D eigenvalue weighted by atomic mass is 10.2. The fourth-order valence-electron chi connectivity index (χ4n) is 1.42. The van der Waals surface area contributed by atoms with Gasteiger partial charge in [0, 0.05) is 11.2 Å². The first-order chi connectivity index (χ1) is 8.55. The second-order valence-electron chi connectivity index (χ2n) is 3.74. The van der Waals surface area contributed by atoms with Crippen LogP contribution in [0, 0.1) is 6.92 Å². The molecule has 0 radical (unpaired) electrons. The molecule has 0 aromatic heterocycles. The van der Waals surface area contributed by atoms with Crippen molar-refractivity contribution in [3.8, 4) is 11.5 Å². The van der Waals surface area contributed by atoms with Crippen LogP contribution in [0.2, 0.25) is 0 Å². The minimum Gasteiger partial charge on any atom is -0.405 e. The van der Waals surface area contributed by atoms with E-state index < -0.39 is 6.95 Å². The Bertz CT molecular complexity index is 571.